The third kappa shape index (κ3) is 2.51. The summed E-state index contributed by atoms with van der Waals surface area (Å²) in [7, 11) is 0. The van der Waals surface area contributed by atoms with Crippen LogP contribution in [0.2, 0.25) is 0 Å². The van der Waals surface area contributed by atoms with Crippen molar-refractivity contribution in [3.05, 3.63) is 46.9 Å². The van der Waals surface area contributed by atoms with Crippen molar-refractivity contribution in [2.24, 2.45) is 0 Å². The Morgan fingerprint density at radius 3 is 2.58 bits per heavy atom. The van der Waals surface area contributed by atoms with E-state index in [-0.39, 0.29) is 5.56 Å². The fraction of sp³-hybridized carbons (Fsp3) is 0.286. The second-order valence-corrected chi connectivity index (χ2v) is 4.42. The first-order valence-electron chi connectivity index (χ1n) is 6.32. The maximum absolute atomic E-state index is 12.1. The van der Waals surface area contributed by atoms with E-state index >= 15 is 0 Å². The number of rotatable bonds is 2. The van der Waals surface area contributed by atoms with Gasteiger partial charge in [-0.25, -0.2) is 4.98 Å². The van der Waals surface area contributed by atoms with Crippen LogP contribution in [0.3, 0.4) is 0 Å². The number of nitrogens with one attached hydrogen (secondary N) is 1. The Labute approximate surface area is 110 Å². The van der Waals surface area contributed by atoms with Crippen LogP contribution in [-0.2, 0) is 4.74 Å². The third-order valence-corrected chi connectivity index (χ3v) is 3.18. The summed E-state index contributed by atoms with van der Waals surface area (Å²) in [5.41, 5.74) is 1.37. The van der Waals surface area contributed by atoms with Crippen LogP contribution < -0.4 is 10.5 Å². The van der Waals surface area contributed by atoms with E-state index in [1.54, 1.807) is 6.20 Å². The average Bonchev–Trinajstić information content (AvgIpc) is 2.49. The summed E-state index contributed by atoms with van der Waals surface area (Å²) in [6, 6.07) is 9.55. The van der Waals surface area contributed by atoms with Crippen molar-refractivity contribution < 1.29 is 4.74 Å². The van der Waals surface area contributed by atoms with Crippen LogP contribution in [0.1, 0.15) is 0 Å². The standard InChI is InChI=1S/C14H15N3O2/c18-13-12(11-4-2-1-3-5-11)10-15-14(16-13)17-6-8-19-9-7-17/h1-5,10H,6-9H2,(H,15,16,18). The molecule has 0 amide bonds. The van der Waals surface area contributed by atoms with Crippen molar-refractivity contribution in [1.29, 1.82) is 0 Å². The van der Waals surface area contributed by atoms with Crippen LogP contribution in [0.15, 0.2) is 41.3 Å². The molecule has 0 radical (unpaired) electrons. The third-order valence-electron chi connectivity index (χ3n) is 3.18. The lowest BCUT2D eigenvalue weighted by Crippen LogP contribution is -2.38. The Kier molecular flexibility index (Phi) is 3.29. The lowest BCUT2D eigenvalue weighted by Gasteiger charge is -2.27. The first kappa shape index (κ1) is 11.9. The molecule has 1 fully saturated rings. The molecule has 2 aromatic rings. The summed E-state index contributed by atoms with van der Waals surface area (Å²) >= 11 is 0. The molecule has 0 atom stereocenters. The summed E-state index contributed by atoms with van der Waals surface area (Å²) in [6.07, 6.45) is 1.64. The molecule has 0 saturated carbocycles. The molecule has 19 heavy (non-hydrogen) atoms. The van der Waals surface area contributed by atoms with E-state index < -0.39 is 0 Å². The average molecular weight is 257 g/mol. The number of H-pyrrole nitrogens is 1. The number of anilines is 1. The molecule has 0 spiro atoms. The van der Waals surface area contributed by atoms with Crippen LogP contribution >= 0.6 is 0 Å². The summed E-state index contributed by atoms with van der Waals surface area (Å²) in [6.45, 7) is 2.86. The quantitative estimate of drug-likeness (QED) is 0.880. The van der Waals surface area contributed by atoms with Crippen LogP contribution in [0.5, 0.6) is 0 Å². The normalized spacial score (nSPS) is 15.5. The molecule has 0 unspecified atom stereocenters. The van der Waals surface area contributed by atoms with Crippen molar-refractivity contribution in [2.45, 2.75) is 0 Å². The topological polar surface area (TPSA) is 58.2 Å². The number of benzene rings is 1. The molecule has 1 aromatic carbocycles. The molecule has 1 aliphatic heterocycles. The monoisotopic (exact) mass is 257 g/mol. The number of hydrogen-bond donors (Lipinski definition) is 1. The predicted octanol–water partition coefficient (Wildman–Crippen LogP) is 1.27. The molecule has 3 rings (SSSR count). The first-order chi connectivity index (χ1) is 9.34. The zero-order valence-electron chi connectivity index (χ0n) is 10.5. The Bertz CT molecular complexity index is 604. The van der Waals surface area contributed by atoms with E-state index in [1.165, 1.54) is 0 Å². The minimum Gasteiger partial charge on any atom is -0.378 e. The van der Waals surface area contributed by atoms with E-state index in [0.29, 0.717) is 24.7 Å². The highest BCUT2D eigenvalue weighted by atomic mass is 16.5. The Morgan fingerprint density at radius 1 is 1.16 bits per heavy atom. The smallest absolute Gasteiger partial charge is 0.260 e. The van der Waals surface area contributed by atoms with Crippen molar-refractivity contribution in [1.82, 2.24) is 9.97 Å². The molecule has 5 nitrogen and oxygen atoms in total. The van der Waals surface area contributed by atoms with Gasteiger partial charge in [-0.3, -0.25) is 9.78 Å². The highest BCUT2D eigenvalue weighted by Gasteiger charge is 2.14. The second kappa shape index (κ2) is 5.24. The molecule has 1 N–H and O–H groups in total. The van der Waals surface area contributed by atoms with Crippen LogP contribution in [0.4, 0.5) is 5.95 Å². The van der Waals surface area contributed by atoms with Crippen LogP contribution in [-0.4, -0.2) is 36.3 Å². The van der Waals surface area contributed by atoms with Gasteiger partial charge in [-0.2, -0.15) is 0 Å². The highest BCUT2D eigenvalue weighted by Crippen LogP contribution is 2.15. The molecule has 5 heteroatoms. The fourth-order valence-corrected chi connectivity index (χ4v) is 2.14. The zero-order chi connectivity index (χ0) is 13.1. The van der Waals surface area contributed by atoms with Crippen molar-refractivity contribution in [3.8, 4) is 11.1 Å². The summed E-state index contributed by atoms with van der Waals surface area (Å²) in [4.78, 5) is 21.4. The van der Waals surface area contributed by atoms with Crippen LogP contribution in [0.25, 0.3) is 11.1 Å². The molecule has 0 aliphatic carbocycles. The molecule has 1 aliphatic rings. The predicted molar refractivity (Wildman–Crippen MR) is 73.3 cm³/mol. The van der Waals surface area contributed by atoms with E-state index in [0.717, 1.165) is 18.7 Å². The van der Waals surface area contributed by atoms with Crippen molar-refractivity contribution >= 4 is 5.95 Å². The van der Waals surface area contributed by atoms with Gasteiger partial charge in [-0.15, -0.1) is 0 Å². The van der Waals surface area contributed by atoms with Gasteiger partial charge in [0.25, 0.3) is 5.56 Å². The van der Waals surface area contributed by atoms with Gasteiger partial charge >= 0.3 is 0 Å². The SMILES string of the molecule is O=c1[nH]c(N2CCOCC2)ncc1-c1ccccc1. The minimum atomic E-state index is -0.109. The summed E-state index contributed by atoms with van der Waals surface area (Å²) < 4.78 is 5.28. The number of ether oxygens (including phenoxy) is 1. The number of hydrogen-bond acceptors (Lipinski definition) is 4. The van der Waals surface area contributed by atoms with E-state index in [2.05, 4.69) is 9.97 Å². The Hall–Kier alpha value is -2.14. The fourth-order valence-electron chi connectivity index (χ4n) is 2.14. The molecule has 1 aromatic heterocycles. The van der Waals surface area contributed by atoms with Gasteiger partial charge in [-0.05, 0) is 5.56 Å². The van der Waals surface area contributed by atoms with Gasteiger partial charge in [0.15, 0.2) is 0 Å². The number of morpholine rings is 1. The minimum absolute atomic E-state index is 0.109. The Morgan fingerprint density at radius 2 is 1.89 bits per heavy atom. The lowest BCUT2D eigenvalue weighted by molar-refractivity contribution is 0.122. The summed E-state index contributed by atoms with van der Waals surface area (Å²) in [5.74, 6) is 0.619. The van der Waals surface area contributed by atoms with E-state index in [4.69, 9.17) is 4.74 Å². The van der Waals surface area contributed by atoms with Gasteiger partial charge in [0.05, 0.1) is 18.8 Å². The van der Waals surface area contributed by atoms with Gasteiger partial charge in [0, 0.05) is 19.3 Å². The van der Waals surface area contributed by atoms with Crippen molar-refractivity contribution in [3.63, 3.8) is 0 Å². The number of nitrogens with zero attached hydrogens (tertiary/aromatic N) is 2. The van der Waals surface area contributed by atoms with E-state index in [9.17, 15) is 4.79 Å². The maximum atomic E-state index is 12.1. The zero-order valence-corrected chi connectivity index (χ0v) is 10.5. The molecule has 98 valence electrons. The first-order valence-corrected chi connectivity index (χ1v) is 6.32. The number of aromatic amines is 1. The number of aromatic nitrogens is 2. The maximum Gasteiger partial charge on any atom is 0.260 e. The Balaban J connectivity index is 1.92. The molecular weight excluding hydrogens is 242 g/mol. The highest BCUT2D eigenvalue weighted by molar-refractivity contribution is 5.61. The largest absolute Gasteiger partial charge is 0.378 e. The van der Waals surface area contributed by atoms with Gasteiger partial charge < -0.3 is 9.64 Å². The van der Waals surface area contributed by atoms with E-state index in [1.807, 2.05) is 35.2 Å². The molecule has 1 saturated heterocycles. The van der Waals surface area contributed by atoms with Gasteiger partial charge in [0.2, 0.25) is 5.95 Å². The molecular formula is C14H15N3O2. The van der Waals surface area contributed by atoms with Gasteiger partial charge in [-0.1, -0.05) is 30.3 Å². The van der Waals surface area contributed by atoms with Crippen LogP contribution in [0, 0.1) is 0 Å². The second-order valence-electron chi connectivity index (χ2n) is 4.42. The van der Waals surface area contributed by atoms with Gasteiger partial charge in [0.1, 0.15) is 0 Å². The molecule has 2 heterocycles. The summed E-state index contributed by atoms with van der Waals surface area (Å²) in [5, 5.41) is 0. The molecule has 0 bridgehead atoms. The van der Waals surface area contributed by atoms with Crippen molar-refractivity contribution in [2.75, 3.05) is 31.2 Å². The lowest BCUT2D eigenvalue weighted by atomic mass is 10.1.